The summed E-state index contributed by atoms with van der Waals surface area (Å²) in [6.07, 6.45) is 16.2. The number of aliphatic hydroxyl groups excluding tert-OH is 2. The summed E-state index contributed by atoms with van der Waals surface area (Å²) in [4.78, 5) is 0. The van der Waals surface area contributed by atoms with E-state index >= 15 is 0 Å². The lowest BCUT2D eigenvalue weighted by molar-refractivity contribution is 0.0608. The molecule has 0 aliphatic heterocycles. The predicted octanol–water partition coefficient (Wildman–Crippen LogP) is 8.57. The van der Waals surface area contributed by atoms with Gasteiger partial charge in [0.05, 0.1) is 17.8 Å². The number of rotatable bonds is 11. The molecule has 0 aromatic heterocycles. The lowest BCUT2D eigenvalue weighted by Crippen LogP contribution is -2.44. The van der Waals surface area contributed by atoms with Gasteiger partial charge in [-0.05, 0) is 113 Å². The van der Waals surface area contributed by atoms with E-state index in [2.05, 4.69) is 60.6 Å². The van der Waals surface area contributed by atoms with Crippen LogP contribution in [0.1, 0.15) is 119 Å². The highest BCUT2D eigenvalue weighted by Crippen LogP contribution is 2.60. The Labute approximate surface area is 224 Å². The fourth-order valence-electron chi connectivity index (χ4n) is 8.40. The summed E-state index contributed by atoms with van der Waals surface area (Å²) >= 11 is 0. The van der Waals surface area contributed by atoms with Crippen molar-refractivity contribution in [1.82, 2.24) is 0 Å². The van der Waals surface area contributed by atoms with Crippen molar-refractivity contribution >= 4 is 8.32 Å². The zero-order valence-electron chi connectivity index (χ0n) is 24.7. The quantitative estimate of drug-likeness (QED) is 0.269. The molecular formula is C32H58O3Si. The van der Waals surface area contributed by atoms with E-state index in [4.69, 9.17) is 4.43 Å². The van der Waals surface area contributed by atoms with Crippen LogP contribution >= 0.6 is 0 Å². The van der Waals surface area contributed by atoms with E-state index in [9.17, 15) is 10.2 Å². The monoisotopic (exact) mass is 518 g/mol. The second-order valence-electron chi connectivity index (χ2n) is 13.6. The molecule has 2 N–H and O–H groups in total. The Balaban J connectivity index is 1.59. The Hall–Kier alpha value is -0.423. The zero-order chi connectivity index (χ0) is 26.6. The average Bonchev–Trinajstić information content (AvgIpc) is 3.18. The van der Waals surface area contributed by atoms with Crippen LogP contribution in [-0.4, -0.2) is 36.3 Å². The summed E-state index contributed by atoms with van der Waals surface area (Å²) < 4.78 is 6.88. The van der Waals surface area contributed by atoms with E-state index in [1.54, 1.807) is 5.57 Å². The summed E-state index contributed by atoms with van der Waals surface area (Å²) in [5, 5.41) is 20.1. The van der Waals surface area contributed by atoms with Crippen LogP contribution in [0.5, 0.6) is 0 Å². The number of hydrogen-bond donors (Lipinski definition) is 2. The summed E-state index contributed by atoms with van der Waals surface area (Å²) in [5.74, 6) is 2.29. The van der Waals surface area contributed by atoms with Crippen LogP contribution in [0.4, 0.5) is 0 Å². The van der Waals surface area contributed by atoms with E-state index in [-0.39, 0.29) is 17.8 Å². The fraction of sp³-hybridized carbons (Fsp3) is 0.875. The van der Waals surface area contributed by atoms with Gasteiger partial charge in [0.25, 0.3) is 0 Å². The van der Waals surface area contributed by atoms with Gasteiger partial charge in [0.15, 0.2) is 8.32 Å². The maximum absolute atomic E-state index is 10.1. The summed E-state index contributed by atoms with van der Waals surface area (Å²) in [5.41, 5.74) is 3.28. The van der Waals surface area contributed by atoms with Crippen LogP contribution in [0, 0.1) is 23.2 Å². The normalized spacial score (nSPS) is 33.6. The molecule has 0 bridgehead atoms. The molecule has 0 heterocycles. The van der Waals surface area contributed by atoms with Crippen LogP contribution < -0.4 is 0 Å². The molecule has 0 unspecified atom stereocenters. The van der Waals surface area contributed by atoms with E-state index in [0.717, 1.165) is 24.7 Å². The maximum atomic E-state index is 10.1. The fourth-order valence-corrected chi connectivity index (χ4v) is 11.6. The van der Waals surface area contributed by atoms with Crippen molar-refractivity contribution in [3.8, 4) is 0 Å². The second kappa shape index (κ2) is 12.6. The molecule has 3 aliphatic rings. The highest BCUT2D eigenvalue weighted by molar-refractivity contribution is 6.73. The highest BCUT2D eigenvalue weighted by Gasteiger charge is 2.50. The van der Waals surface area contributed by atoms with Gasteiger partial charge in [0.1, 0.15) is 0 Å². The molecule has 3 nitrogen and oxygen atoms in total. The zero-order valence-corrected chi connectivity index (χ0v) is 25.7. The minimum Gasteiger partial charge on any atom is -0.412 e. The number of fused-ring (bicyclic) bond motifs is 1. The molecule has 208 valence electrons. The van der Waals surface area contributed by atoms with Crippen molar-refractivity contribution < 1.29 is 14.6 Å². The Bertz CT molecular complexity index is 747. The topological polar surface area (TPSA) is 49.7 Å². The van der Waals surface area contributed by atoms with Crippen LogP contribution in [0.25, 0.3) is 0 Å². The third-order valence-electron chi connectivity index (χ3n) is 10.7. The van der Waals surface area contributed by atoms with Gasteiger partial charge in [-0.25, -0.2) is 0 Å². The summed E-state index contributed by atoms with van der Waals surface area (Å²) in [7, 11) is -1.57. The molecule has 0 aromatic rings. The van der Waals surface area contributed by atoms with Crippen molar-refractivity contribution in [2.45, 2.75) is 155 Å². The molecule has 0 aromatic carbocycles. The largest absolute Gasteiger partial charge is 0.412 e. The number of aliphatic hydroxyl groups is 2. The Morgan fingerprint density at radius 2 is 1.69 bits per heavy atom. The number of allylic oxidation sites excluding steroid dienone is 3. The lowest BCUT2D eigenvalue weighted by Gasteiger charge is -2.44. The van der Waals surface area contributed by atoms with E-state index in [1.807, 2.05) is 0 Å². The molecule has 3 rings (SSSR count). The smallest absolute Gasteiger partial charge is 0.192 e. The van der Waals surface area contributed by atoms with Gasteiger partial charge in [-0.1, -0.05) is 70.8 Å². The molecule has 0 spiro atoms. The van der Waals surface area contributed by atoms with Crippen molar-refractivity contribution in [2.24, 2.45) is 23.2 Å². The molecular weight excluding hydrogens is 460 g/mol. The molecule has 0 amide bonds. The Kier molecular flexibility index (Phi) is 10.6. The van der Waals surface area contributed by atoms with Crippen molar-refractivity contribution in [3.05, 3.63) is 23.3 Å². The van der Waals surface area contributed by atoms with Crippen LogP contribution in [0.2, 0.25) is 18.1 Å². The van der Waals surface area contributed by atoms with Gasteiger partial charge in [0, 0.05) is 0 Å². The molecule has 4 heteroatoms. The molecule has 36 heavy (non-hydrogen) atoms. The Morgan fingerprint density at radius 1 is 1.06 bits per heavy atom. The van der Waals surface area contributed by atoms with Gasteiger partial charge < -0.3 is 14.6 Å². The van der Waals surface area contributed by atoms with E-state index in [0.29, 0.717) is 17.8 Å². The second-order valence-corrected chi connectivity index (χ2v) is 18.3. The van der Waals surface area contributed by atoms with Crippen LogP contribution in [0.15, 0.2) is 23.3 Å². The number of hydrogen-bond acceptors (Lipinski definition) is 3. The van der Waals surface area contributed by atoms with Gasteiger partial charge >= 0.3 is 0 Å². The molecule has 3 saturated carbocycles. The van der Waals surface area contributed by atoms with Crippen LogP contribution in [0.3, 0.4) is 0 Å². The summed E-state index contributed by atoms with van der Waals surface area (Å²) in [6, 6.07) is 3.69. The third-order valence-corrected chi connectivity index (χ3v) is 15.5. The predicted molar refractivity (Wildman–Crippen MR) is 156 cm³/mol. The lowest BCUT2D eigenvalue weighted by atomic mass is 9.60. The standard InChI is InChI=1S/C32H58O3Si/c1-8-36(9-2,10-3)35-31(5,6)19-11-13-24(4)29-17-18-30-26(14-12-20-32(29,30)7)16-15-25-21-27(33)23-28(34)22-25/h15-16,24,27-30,33-34H,8-14,17-23H2,1-7H3/b26-16-/t24-,27-,28-,29-,30+,32-/m1/s1. The molecule has 0 radical (unpaired) electrons. The minimum atomic E-state index is -1.57. The van der Waals surface area contributed by atoms with Gasteiger partial charge in [-0.15, -0.1) is 0 Å². The SMILES string of the molecule is CC[Si](CC)(CC)OC(C)(C)CCC[C@@H](C)[C@H]1CC[C@H]2/C(=C\C=C3C[C@@H](O)C[C@H](O)C3)CCC[C@]12C. The molecule has 3 aliphatic carbocycles. The molecule has 3 fully saturated rings. The first-order valence-corrected chi connectivity index (χ1v) is 17.9. The van der Waals surface area contributed by atoms with Crippen LogP contribution in [-0.2, 0) is 4.43 Å². The Morgan fingerprint density at radius 3 is 2.31 bits per heavy atom. The van der Waals surface area contributed by atoms with Crippen molar-refractivity contribution in [1.29, 1.82) is 0 Å². The van der Waals surface area contributed by atoms with Crippen molar-refractivity contribution in [3.63, 3.8) is 0 Å². The minimum absolute atomic E-state index is 0.00457. The average molecular weight is 519 g/mol. The summed E-state index contributed by atoms with van der Waals surface area (Å²) in [6.45, 7) is 16.8. The maximum Gasteiger partial charge on any atom is 0.192 e. The molecule has 6 atom stereocenters. The first kappa shape index (κ1) is 30.1. The first-order chi connectivity index (χ1) is 17.0. The first-order valence-electron chi connectivity index (χ1n) is 15.4. The van der Waals surface area contributed by atoms with E-state index in [1.165, 1.54) is 75.1 Å². The van der Waals surface area contributed by atoms with Gasteiger partial charge in [-0.3, -0.25) is 0 Å². The van der Waals surface area contributed by atoms with Gasteiger partial charge in [-0.2, -0.15) is 0 Å². The third kappa shape index (κ3) is 7.15. The van der Waals surface area contributed by atoms with Gasteiger partial charge in [0.2, 0.25) is 0 Å². The molecule has 0 saturated heterocycles. The van der Waals surface area contributed by atoms with Crippen molar-refractivity contribution in [2.75, 3.05) is 0 Å². The highest BCUT2D eigenvalue weighted by atomic mass is 28.4. The van der Waals surface area contributed by atoms with E-state index < -0.39 is 8.32 Å².